The van der Waals surface area contributed by atoms with E-state index in [9.17, 15) is 8.42 Å². The van der Waals surface area contributed by atoms with Crippen molar-refractivity contribution in [2.45, 2.75) is 0 Å². The molecule has 0 aromatic carbocycles. The Kier molecular flexibility index (Phi) is 5.89. The summed E-state index contributed by atoms with van der Waals surface area (Å²) in [5.74, 6) is 0. The summed E-state index contributed by atoms with van der Waals surface area (Å²) in [6.07, 6.45) is 0.715. The van der Waals surface area contributed by atoms with Crippen molar-refractivity contribution in [3.8, 4) is 0 Å². The third kappa shape index (κ3) is 269. The molecule has 0 aliphatic carbocycles. The standard InChI is InChI=1S/CH4O3S.CH2O2/c1-5(2,3)4;2-1-3/h1H3,(H,2,3,4);1H,(H,2,3). The Labute approximate surface area is 46.7 Å². The van der Waals surface area contributed by atoms with Crippen LogP contribution in [0.3, 0.4) is 0 Å². The first-order valence-electron chi connectivity index (χ1n) is 1.42. The van der Waals surface area contributed by atoms with Gasteiger partial charge >= 0.3 is 0 Å². The lowest BCUT2D eigenvalue weighted by Crippen LogP contribution is -1.88. The molecule has 0 aromatic heterocycles. The summed E-state index contributed by atoms with van der Waals surface area (Å²) < 4.78 is 25.9. The number of hydrogen-bond acceptors (Lipinski definition) is 3. The number of carboxylic acid groups (broad SMARTS) is 1. The highest BCUT2D eigenvalue weighted by atomic mass is 32.2. The van der Waals surface area contributed by atoms with E-state index >= 15 is 0 Å². The molecule has 0 saturated carbocycles. The van der Waals surface area contributed by atoms with Crippen LogP contribution >= 0.6 is 0 Å². The van der Waals surface area contributed by atoms with Gasteiger partial charge in [0.2, 0.25) is 0 Å². The summed E-state index contributed by atoms with van der Waals surface area (Å²) in [7, 11) is -3.67. The van der Waals surface area contributed by atoms with Crippen molar-refractivity contribution in [2.24, 2.45) is 0 Å². The second-order valence-electron chi connectivity index (χ2n) is 0.838. The Balaban J connectivity index is 0. The third-order valence-corrected chi connectivity index (χ3v) is 0. The molecule has 0 amide bonds. The van der Waals surface area contributed by atoms with Crippen LogP contribution in [-0.2, 0) is 14.9 Å². The number of hydrogen-bond donors (Lipinski definition) is 2. The van der Waals surface area contributed by atoms with Gasteiger partial charge in [-0.1, -0.05) is 0 Å². The number of rotatable bonds is 0. The predicted molar refractivity (Wildman–Crippen MR) is 26.2 cm³/mol. The molecule has 0 saturated heterocycles. The van der Waals surface area contributed by atoms with Crippen LogP contribution in [-0.4, -0.2) is 30.8 Å². The predicted octanol–water partition coefficient (Wildman–Crippen LogP) is -0.795. The van der Waals surface area contributed by atoms with Crippen molar-refractivity contribution in [3.63, 3.8) is 0 Å². The summed E-state index contributed by atoms with van der Waals surface area (Å²) in [6, 6.07) is 0. The molecule has 0 bridgehead atoms. The van der Waals surface area contributed by atoms with Gasteiger partial charge in [0.05, 0.1) is 6.26 Å². The summed E-state index contributed by atoms with van der Waals surface area (Å²) in [4.78, 5) is 8.36. The average Bonchev–Trinajstić information content (AvgIpc) is 1.27. The molecular weight excluding hydrogens is 136 g/mol. The van der Waals surface area contributed by atoms with Crippen LogP contribution in [0.25, 0.3) is 0 Å². The molecule has 0 rings (SSSR count). The van der Waals surface area contributed by atoms with E-state index in [1.165, 1.54) is 0 Å². The second-order valence-corrected chi connectivity index (χ2v) is 2.30. The summed E-state index contributed by atoms with van der Waals surface area (Å²) in [6.45, 7) is -0.250. The van der Waals surface area contributed by atoms with Crippen LogP contribution in [0.4, 0.5) is 0 Å². The molecule has 0 radical (unpaired) electrons. The maximum Gasteiger partial charge on any atom is 0.290 e. The molecule has 0 aliphatic heterocycles. The lowest BCUT2D eigenvalue weighted by Gasteiger charge is -1.69. The van der Waals surface area contributed by atoms with Gasteiger partial charge in [-0.15, -0.1) is 0 Å². The number of carbonyl (C=O) groups is 1. The Hall–Kier alpha value is -0.620. The first kappa shape index (κ1) is 10.4. The minimum Gasteiger partial charge on any atom is -0.483 e. The smallest absolute Gasteiger partial charge is 0.290 e. The molecule has 0 fully saturated rings. The molecule has 0 unspecified atom stereocenters. The van der Waals surface area contributed by atoms with E-state index in [4.69, 9.17) is 14.5 Å². The van der Waals surface area contributed by atoms with E-state index in [2.05, 4.69) is 0 Å². The van der Waals surface area contributed by atoms with Crippen molar-refractivity contribution in [3.05, 3.63) is 0 Å². The van der Waals surface area contributed by atoms with Crippen LogP contribution < -0.4 is 0 Å². The molecule has 0 atom stereocenters. The highest BCUT2D eigenvalue weighted by Crippen LogP contribution is 1.60. The van der Waals surface area contributed by atoms with E-state index < -0.39 is 10.1 Å². The van der Waals surface area contributed by atoms with Crippen LogP contribution in [0.15, 0.2) is 0 Å². The molecule has 5 nitrogen and oxygen atoms in total. The van der Waals surface area contributed by atoms with Gasteiger partial charge in [0.25, 0.3) is 16.6 Å². The van der Waals surface area contributed by atoms with Crippen molar-refractivity contribution < 1.29 is 22.9 Å². The first-order valence-corrected chi connectivity index (χ1v) is 3.27. The molecular formula is C2H6O5S. The monoisotopic (exact) mass is 142 g/mol. The molecule has 50 valence electrons. The fourth-order valence-corrected chi connectivity index (χ4v) is 0. The topological polar surface area (TPSA) is 91.7 Å². The molecule has 8 heavy (non-hydrogen) atoms. The average molecular weight is 142 g/mol. The van der Waals surface area contributed by atoms with Crippen LogP contribution in [0.2, 0.25) is 0 Å². The molecule has 0 aromatic rings. The van der Waals surface area contributed by atoms with E-state index in [-0.39, 0.29) is 6.47 Å². The molecule has 6 heteroatoms. The maximum atomic E-state index is 9.19. The van der Waals surface area contributed by atoms with Gasteiger partial charge in [-0.2, -0.15) is 8.42 Å². The third-order valence-electron chi connectivity index (χ3n) is 0. The zero-order valence-corrected chi connectivity index (χ0v) is 4.92. The van der Waals surface area contributed by atoms with Crippen molar-refractivity contribution >= 4 is 16.6 Å². The van der Waals surface area contributed by atoms with E-state index in [1.54, 1.807) is 0 Å². The highest BCUT2D eigenvalue weighted by molar-refractivity contribution is 7.85. The summed E-state index contributed by atoms with van der Waals surface area (Å²) in [5, 5.41) is 6.89. The normalized spacial score (nSPS) is 8.75. The van der Waals surface area contributed by atoms with Crippen molar-refractivity contribution in [1.29, 1.82) is 0 Å². The lowest BCUT2D eigenvalue weighted by atomic mass is 11.7. The fourth-order valence-electron chi connectivity index (χ4n) is 0. The molecule has 0 heterocycles. The first-order chi connectivity index (χ1) is 3.41. The van der Waals surface area contributed by atoms with Crippen LogP contribution in [0.1, 0.15) is 0 Å². The second kappa shape index (κ2) is 4.54. The fraction of sp³-hybridized carbons (Fsp3) is 0.500. The largest absolute Gasteiger partial charge is 0.483 e. The zero-order chi connectivity index (χ0) is 7.21. The quantitative estimate of drug-likeness (QED) is 0.341. The Morgan fingerprint density at radius 1 is 1.50 bits per heavy atom. The Morgan fingerprint density at radius 3 is 1.50 bits per heavy atom. The van der Waals surface area contributed by atoms with Crippen molar-refractivity contribution in [2.75, 3.05) is 6.26 Å². The SMILES string of the molecule is CS(=O)(=O)O.O=CO. The van der Waals surface area contributed by atoms with Gasteiger partial charge in [-0.05, 0) is 0 Å². The Morgan fingerprint density at radius 2 is 1.50 bits per heavy atom. The van der Waals surface area contributed by atoms with Gasteiger partial charge in [0.15, 0.2) is 0 Å². The minimum atomic E-state index is -3.67. The Bertz CT molecular complexity index is 125. The summed E-state index contributed by atoms with van der Waals surface area (Å²) >= 11 is 0. The van der Waals surface area contributed by atoms with Gasteiger partial charge in [-0.3, -0.25) is 9.35 Å². The molecule has 2 N–H and O–H groups in total. The molecule has 0 spiro atoms. The zero-order valence-electron chi connectivity index (χ0n) is 4.10. The van der Waals surface area contributed by atoms with Gasteiger partial charge < -0.3 is 5.11 Å². The van der Waals surface area contributed by atoms with Gasteiger partial charge in [0, 0.05) is 0 Å². The minimum absolute atomic E-state index is 0.250. The molecule has 0 aliphatic rings. The van der Waals surface area contributed by atoms with Crippen molar-refractivity contribution in [1.82, 2.24) is 0 Å². The lowest BCUT2D eigenvalue weighted by molar-refractivity contribution is -0.122. The van der Waals surface area contributed by atoms with Gasteiger partial charge in [0.1, 0.15) is 0 Å². The van der Waals surface area contributed by atoms with E-state index in [0.29, 0.717) is 6.26 Å². The highest BCUT2D eigenvalue weighted by Gasteiger charge is 1.81. The van der Waals surface area contributed by atoms with E-state index in [1.807, 2.05) is 0 Å². The summed E-state index contributed by atoms with van der Waals surface area (Å²) in [5.41, 5.74) is 0. The van der Waals surface area contributed by atoms with E-state index in [0.717, 1.165) is 0 Å². The van der Waals surface area contributed by atoms with Crippen LogP contribution in [0.5, 0.6) is 0 Å². The van der Waals surface area contributed by atoms with Gasteiger partial charge in [-0.25, -0.2) is 0 Å². The van der Waals surface area contributed by atoms with Crippen LogP contribution in [0, 0.1) is 0 Å². The maximum absolute atomic E-state index is 9.19.